The molecule has 1 saturated heterocycles. The van der Waals surface area contributed by atoms with Gasteiger partial charge in [0, 0.05) is 19.4 Å². The number of likely N-dealkylation sites (tertiary alicyclic amines) is 1. The third-order valence-electron chi connectivity index (χ3n) is 5.02. The van der Waals surface area contributed by atoms with Crippen molar-refractivity contribution in [1.29, 1.82) is 0 Å². The minimum absolute atomic E-state index is 0.0428. The zero-order valence-electron chi connectivity index (χ0n) is 14.6. The van der Waals surface area contributed by atoms with Crippen molar-refractivity contribution < 1.29 is 23.9 Å². The molecule has 25 heavy (non-hydrogen) atoms. The number of fused-ring (bicyclic) bond motifs is 1. The van der Waals surface area contributed by atoms with Crippen LogP contribution in [0.3, 0.4) is 0 Å². The van der Waals surface area contributed by atoms with Gasteiger partial charge in [0.15, 0.2) is 5.78 Å². The van der Waals surface area contributed by atoms with Crippen molar-refractivity contribution in [2.45, 2.75) is 51.2 Å². The molecule has 0 aliphatic carbocycles. The number of Topliss-reactive ketones (excluding diaryl/α,β-unsaturated/α-hetero) is 1. The standard InChI is InChI=1S/C19H23NO5/c1-3-24-18(23)13(2)20-11-10-19(9-8-17(20)22)12-15(21)14-6-4-5-7-16(14)25-19/h4-7,13H,3,8-12H2,1-2H3/t13-,19-/m0/s1. The molecule has 2 aliphatic rings. The van der Waals surface area contributed by atoms with Gasteiger partial charge in [-0.2, -0.15) is 0 Å². The van der Waals surface area contributed by atoms with Crippen molar-refractivity contribution in [3.05, 3.63) is 29.8 Å². The number of rotatable bonds is 3. The van der Waals surface area contributed by atoms with Gasteiger partial charge in [0.2, 0.25) is 5.91 Å². The molecule has 3 rings (SSSR count). The Morgan fingerprint density at radius 3 is 2.84 bits per heavy atom. The highest BCUT2D eigenvalue weighted by Crippen LogP contribution is 2.39. The van der Waals surface area contributed by atoms with Crippen LogP contribution in [0.2, 0.25) is 0 Å². The third-order valence-corrected chi connectivity index (χ3v) is 5.02. The summed E-state index contributed by atoms with van der Waals surface area (Å²) in [5.74, 6) is 0.115. The van der Waals surface area contributed by atoms with E-state index < -0.39 is 17.6 Å². The van der Waals surface area contributed by atoms with E-state index in [1.807, 2.05) is 12.1 Å². The molecule has 2 atom stereocenters. The van der Waals surface area contributed by atoms with Crippen LogP contribution >= 0.6 is 0 Å². The minimum atomic E-state index is -0.676. The average molecular weight is 345 g/mol. The Morgan fingerprint density at radius 2 is 2.08 bits per heavy atom. The van der Waals surface area contributed by atoms with Crippen LogP contribution in [-0.4, -0.2) is 47.4 Å². The van der Waals surface area contributed by atoms with Crippen molar-refractivity contribution in [2.75, 3.05) is 13.2 Å². The highest BCUT2D eigenvalue weighted by Gasteiger charge is 2.44. The van der Waals surface area contributed by atoms with Crippen LogP contribution in [0.5, 0.6) is 5.75 Å². The summed E-state index contributed by atoms with van der Waals surface area (Å²) in [6.45, 7) is 4.07. The van der Waals surface area contributed by atoms with Gasteiger partial charge in [-0.3, -0.25) is 9.59 Å². The number of para-hydroxylation sites is 1. The summed E-state index contributed by atoms with van der Waals surface area (Å²) in [6.07, 6.45) is 1.50. The van der Waals surface area contributed by atoms with Crippen molar-refractivity contribution in [3.63, 3.8) is 0 Å². The van der Waals surface area contributed by atoms with E-state index in [4.69, 9.17) is 9.47 Å². The quantitative estimate of drug-likeness (QED) is 0.786. The molecule has 6 nitrogen and oxygen atoms in total. The number of esters is 1. The lowest BCUT2D eigenvalue weighted by atomic mass is 9.84. The summed E-state index contributed by atoms with van der Waals surface area (Å²) in [5, 5.41) is 0. The second-order valence-electron chi connectivity index (χ2n) is 6.65. The van der Waals surface area contributed by atoms with Crippen LogP contribution in [-0.2, 0) is 14.3 Å². The Morgan fingerprint density at radius 1 is 1.32 bits per heavy atom. The van der Waals surface area contributed by atoms with Gasteiger partial charge in [0.1, 0.15) is 17.4 Å². The summed E-state index contributed by atoms with van der Waals surface area (Å²) in [5.41, 5.74) is -0.0787. The van der Waals surface area contributed by atoms with E-state index in [9.17, 15) is 14.4 Å². The van der Waals surface area contributed by atoms with Crippen LogP contribution in [0.15, 0.2) is 24.3 Å². The third kappa shape index (κ3) is 3.38. The first-order chi connectivity index (χ1) is 12.0. The van der Waals surface area contributed by atoms with E-state index >= 15 is 0 Å². The fourth-order valence-corrected chi connectivity index (χ4v) is 3.57. The molecule has 2 aliphatic heterocycles. The zero-order valence-corrected chi connectivity index (χ0v) is 14.6. The maximum Gasteiger partial charge on any atom is 0.328 e. The Bertz CT molecular complexity index is 701. The van der Waals surface area contributed by atoms with Gasteiger partial charge in [-0.25, -0.2) is 4.79 Å². The number of ether oxygens (including phenoxy) is 2. The Kier molecular flexibility index (Phi) is 4.79. The predicted molar refractivity (Wildman–Crippen MR) is 90.4 cm³/mol. The lowest BCUT2D eigenvalue weighted by Gasteiger charge is -2.37. The van der Waals surface area contributed by atoms with Crippen LogP contribution in [0.1, 0.15) is 49.9 Å². The molecule has 1 spiro atoms. The number of carbonyl (C=O) groups excluding carboxylic acids is 3. The molecule has 2 heterocycles. The van der Waals surface area contributed by atoms with Crippen molar-refractivity contribution in [2.24, 2.45) is 0 Å². The van der Waals surface area contributed by atoms with Crippen molar-refractivity contribution in [1.82, 2.24) is 4.90 Å². The van der Waals surface area contributed by atoms with E-state index in [-0.39, 0.29) is 31.1 Å². The number of hydrogen-bond donors (Lipinski definition) is 0. The van der Waals surface area contributed by atoms with Crippen LogP contribution in [0, 0.1) is 0 Å². The van der Waals surface area contributed by atoms with Gasteiger partial charge in [-0.1, -0.05) is 12.1 Å². The molecule has 1 aromatic rings. The first-order valence-electron chi connectivity index (χ1n) is 8.73. The molecule has 0 N–H and O–H groups in total. The maximum absolute atomic E-state index is 12.5. The number of amides is 1. The van der Waals surface area contributed by atoms with Crippen LogP contribution < -0.4 is 4.74 Å². The maximum atomic E-state index is 12.5. The summed E-state index contributed by atoms with van der Waals surface area (Å²) in [6, 6.07) is 6.58. The molecule has 134 valence electrons. The van der Waals surface area contributed by atoms with Crippen molar-refractivity contribution in [3.8, 4) is 5.75 Å². The summed E-state index contributed by atoms with van der Waals surface area (Å²) in [4.78, 5) is 38.5. The molecule has 0 bridgehead atoms. The number of nitrogens with zero attached hydrogens (tertiary/aromatic N) is 1. The topological polar surface area (TPSA) is 72.9 Å². The molecule has 0 aromatic heterocycles. The molecule has 0 saturated carbocycles. The normalized spacial score (nSPS) is 24.3. The zero-order chi connectivity index (χ0) is 18.0. The van der Waals surface area contributed by atoms with Gasteiger partial charge in [0.25, 0.3) is 0 Å². The molecule has 0 unspecified atom stereocenters. The number of ketones is 1. The van der Waals surface area contributed by atoms with Crippen LogP contribution in [0.25, 0.3) is 0 Å². The Labute approximate surface area is 147 Å². The molecule has 1 amide bonds. The second-order valence-corrected chi connectivity index (χ2v) is 6.65. The number of carbonyl (C=O) groups is 3. The van der Waals surface area contributed by atoms with Gasteiger partial charge >= 0.3 is 5.97 Å². The summed E-state index contributed by atoms with van der Waals surface area (Å²) < 4.78 is 11.2. The molecule has 1 fully saturated rings. The average Bonchev–Trinajstić information content (AvgIpc) is 2.74. The second kappa shape index (κ2) is 6.86. The van der Waals surface area contributed by atoms with E-state index in [0.29, 0.717) is 30.7 Å². The molecule has 0 radical (unpaired) electrons. The molecular formula is C19H23NO5. The Hall–Kier alpha value is -2.37. The van der Waals surface area contributed by atoms with Gasteiger partial charge < -0.3 is 14.4 Å². The fraction of sp³-hybridized carbons (Fsp3) is 0.526. The van der Waals surface area contributed by atoms with Gasteiger partial charge in [-0.05, 0) is 32.4 Å². The molecular weight excluding hydrogens is 322 g/mol. The lowest BCUT2D eigenvalue weighted by Crippen LogP contribution is -2.45. The van der Waals surface area contributed by atoms with E-state index in [2.05, 4.69) is 0 Å². The van der Waals surface area contributed by atoms with Gasteiger partial charge in [-0.15, -0.1) is 0 Å². The molecule has 1 aromatic carbocycles. The molecule has 6 heteroatoms. The SMILES string of the molecule is CCOC(=O)[C@H](C)N1CC[C@@]2(CCC1=O)CC(=O)c1ccccc1O2. The highest BCUT2D eigenvalue weighted by atomic mass is 16.5. The summed E-state index contributed by atoms with van der Waals surface area (Å²) >= 11 is 0. The lowest BCUT2D eigenvalue weighted by molar-refractivity contribution is -0.153. The largest absolute Gasteiger partial charge is 0.486 e. The summed E-state index contributed by atoms with van der Waals surface area (Å²) in [7, 11) is 0. The van der Waals surface area contributed by atoms with E-state index in [1.54, 1.807) is 30.9 Å². The smallest absolute Gasteiger partial charge is 0.328 e. The first kappa shape index (κ1) is 17.5. The van der Waals surface area contributed by atoms with Crippen LogP contribution in [0.4, 0.5) is 0 Å². The Balaban J connectivity index is 1.78. The predicted octanol–water partition coefficient (Wildman–Crippen LogP) is 2.35. The van der Waals surface area contributed by atoms with E-state index in [1.165, 1.54) is 0 Å². The fourth-order valence-electron chi connectivity index (χ4n) is 3.57. The number of benzene rings is 1. The van der Waals surface area contributed by atoms with Crippen molar-refractivity contribution >= 4 is 17.7 Å². The van der Waals surface area contributed by atoms with Gasteiger partial charge in [0.05, 0.1) is 18.6 Å². The number of hydrogen-bond acceptors (Lipinski definition) is 5. The van der Waals surface area contributed by atoms with E-state index in [0.717, 1.165) is 0 Å². The highest BCUT2D eigenvalue weighted by molar-refractivity contribution is 6.00. The monoisotopic (exact) mass is 345 g/mol. The first-order valence-corrected chi connectivity index (χ1v) is 8.73. The minimum Gasteiger partial charge on any atom is -0.486 e.